The van der Waals surface area contributed by atoms with E-state index in [1.807, 2.05) is 0 Å². The standard InChI is InChI=1S/C9H12FNO3S/c1-11(2)6-7-5-8(15(10,13)14)3-4-9(7)12/h3-5,12H,6H2,1-2H3. The van der Waals surface area contributed by atoms with E-state index in [1.165, 1.54) is 6.07 Å². The second-order valence-electron chi connectivity index (χ2n) is 3.47. The van der Waals surface area contributed by atoms with Crippen LogP contribution in [0.5, 0.6) is 5.75 Å². The van der Waals surface area contributed by atoms with Gasteiger partial charge in [0.15, 0.2) is 0 Å². The summed E-state index contributed by atoms with van der Waals surface area (Å²) in [6, 6.07) is 3.33. The molecule has 0 saturated heterocycles. The zero-order valence-electron chi connectivity index (χ0n) is 8.44. The Kier molecular flexibility index (Phi) is 3.31. The molecule has 15 heavy (non-hydrogen) atoms. The lowest BCUT2D eigenvalue weighted by atomic mass is 10.2. The Labute approximate surface area is 88.2 Å². The first-order valence-electron chi connectivity index (χ1n) is 4.22. The van der Waals surface area contributed by atoms with Gasteiger partial charge in [-0.2, -0.15) is 8.42 Å². The lowest BCUT2D eigenvalue weighted by Gasteiger charge is -2.11. The van der Waals surface area contributed by atoms with Crippen molar-refractivity contribution in [1.29, 1.82) is 0 Å². The van der Waals surface area contributed by atoms with Gasteiger partial charge in [-0.15, -0.1) is 3.89 Å². The number of hydrogen-bond acceptors (Lipinski definition) is 4. The average Bonchev–Trinajstić information content (AvgIpc) is 2.06. The minimum absolute atomic E-state index is 0.0453. The van der Waals surface area contributed by atoms with Gasteiger partial charge in [0.25, 0.3) is 0 Å². The molecule has 1 aromatic rings. The largest absolute Gasteiger partial charge is 0.508 e. The molecule has 0 bridgehead atoms. The van der Waals surface area contributed by atoms with Crippen LogP contribution in [0, 0.1) is 0 Å². The Morgan fingerprint density at radius 2 is 2.00 bits per heavy atom. The molecule has 84 valence electrons. The van der Waals surface area contributed by atoms with Crippen molar-refractivity contribution in [3.05, 3.63) is 23.8 Å². The first-order chi connectivity index (χ1) is 6.80. The van der Waals surface area contributed by atoms with E-state index < -0.39 is 15.1 Å². The maximum Gasteiger partial charge on any atom is 0.332 e. The highest BCUT2D eigenvalue weighted by atomic mass is 32.3. The molecule has 1 rings (SSSR count). The molecule has 0 aliphatic heterocycles. The number of hydrogen-bond donors (Lipinski definition) is 1. The van der Waals surface area contributed by atoms with Crippen LogP contribution >= 0.6 is 0 Å². The fourth-order valence-electron chi connectivity index (χ4n) is 1.18. The van der Waals surface area contributed by atoms with Gasteiger partial charge in [-0.05, 0) is 32.3 Å². The first kappa shape index (κ1) is 11.9. The summed E-state index contributed by atoms with van der Waals surface area (Å²) in [5, 5.41) is 9.41. The zero-order chi connectivity index (χ0) is 11.6. The minimum atomic E-state index is -4.71. The monoisotopic (exact) mass is 233 g/mol. The molecule has 4 nitrogen and oxygen atoms in total. The number of phenols is 1. The number of aromatic hydroxyl groups is 1. The van der Waals surface area contributed by atoms with E-state index in [-0.39, 0.29) is 5.75 Å². The van der Waals surface area contributed by atoms with E-state index in [9.17, 15) is 17.4 Å². The summed E-state index contributed by atoms with van der Waals surface area (Å²) >= 11 is 0. The average molecular weight is 233 g/mol. The Morgan fingerprint density at radius 1 is 1.40 bits per heavy atom. The molecule has 1 N–H and O–H groups in total. The Balaban J connectivity index is 3.17. The molecular weight excluding hydrogens is 221 g/mol. The third kappa shape index (κ3) is 3.17. The molecule has 0 spiro atoms. The summed E-state index contributed by atoms with van der Waals surface area (Å²) in [5.74, 6) is -0.0453. The van der Waals surface area contributed by atoms with Gasteiger partial charge in [-0.1, -0.05) is 0 Å². The second kappa shape index (κ2) is 4.16. The van der Waals surface area contributed by atoms with E-state index in [0.717, 1.165) is 12.1 Å². The van der Waals surface area contributed by atoms with Crippen LogP contribution in [0.2, 0.25) is 0 Å². The van der Waals surface area contributed by atoms with Crippen molar-refractivity contribution in [3.63, 3.8) is 0 Å². The highest BCUT2D eigenvalue weighted by molar-refractivity contribution is 7.86. The van der Waals surface area contributed by atoms with Crippen molar-refractivity contribution in [2.24, 2.45) is 0 Å². The first-order valence-corrected chi connectivity index (χ1v) is 5.60. The summed E-state index contributed by atoms with van der Waals surface area (Å²) < 4.78 is 33.9. The van der Waals surface area contributed by atoms with Gasteiger partial charge in [0.1, 0.15) is 5.75 Å². The number of rotatable bonds is 3. The number of benzene rings is 1. The van der Waals surface area contributed by atoms with E-state index in [1.54, 1.807) is 19.0 Å². The maximum atomic E-state index is 12.6. The molecule has 0 unspecified atom stereocenters. The topological polar surface area (TPSA) is 57.6 Å². The van der Waals surface area contributed by atoms with E-state index in [0.29, 0.717) is 12.1 Å². The van der Waals surface area contributed by atoms with Crippen molar-refractivity contribution in [1.82, 2.24) is 4.90 Å². The van der Waals surface area contributed by atoms with Crippen LogP contribution in [-0.4, -0.2) is 32.5 Å². The third-order valence-corrected chi connectivity index (χ3v) is 2.64. The Bertz CT molecular complexity index is 456. The summed E-state index contributed by atoms with van der Waals surface area (Å²) in [5.41, 5.74) is 0.374. The molecule has 0 heterocycles. The molecule has 1 aromatic carbocycles. The molecule has 0 saturated carbocycles. The van der Waals surface area contributed by atoms with Gasteiger partial charge in [0.05, 0.1) is 4.90 Å². The molecule has 0 fully saturated rings. The van der Waals surface area contributed by atoms with Gasteiger partial charge in [-0.25, -0.2) is 0 Å². The van der Waals surface area contributed by atoms with Crippen molar-refractivity contribution in [2.45, 2.75) is 11.4 Å². The van der Waals surface area contributed by atoms with Crippen molar-refractivity contribution >= 4 is 10.2 Å². The van der Waals surface area contributed by atoms with Crippen LogP contribution in [0.1, 0.15) is 5.56 Å². The van der Waals surface area contributed by atoms with E-state index >= 15 is 0 Å². The lowest BCUT2D eigenvalue weighted by Crippen LogP contribution is -2.11. The minimum Gasteiger partial charge on any atom is -0.508 e. The molecule has 0 atom stereocenters. The van der Waals surface area contributed by atoms with Crippen LogP contribution in [0.25, 0.3) is 0 Å². The van der Waals surface area contributed by atoms with Crippen LogP contribution < -0.4 is 0 Å². The van der Waals surface area contributed by atoms with Gasteiger partial charge in [0, 0.05) is 12.1 Å². The predicted molar refractivity (Wildman–Crippen MR) is 53.8 cm³/mol. The van der Waals surface area contributed by atoms with Crippen molar-refractivity contribution in [3.8, 4) is 5.75 Å². The zero-order valence-corrected chi connectivity index (χ0v) is 9.25. The van der Waals surface area contributed by atoms with E-state index in [2.05, 4.69) is 0 Å². The van der Waals surface area contributed by atoms with Gasteiger partial charge in [0.2, 0.25) is 0 Å². The summed E-state index contributed by atoms with van der Waals surface area (Å²) in [6.07, 6.45) is 0. The maximum absolute atomic E-state index is 12.6. The van der Waals surface area contributed by atoms with Crippen LogP contribution in [-0.2, 0) is 16.8 Å². The number of nitrogens with zero attached hydrogens (tertiary/aromatic N) is 1. The summed E-state index contributed by atoms with van der Waals surface area (Å²) in [4.78, 5) is 1.31. The fourth-order valence-corrected chi connectivity index (χ4v) is 1.69. The molecular formula is C9H12FNO3S. The predicted octanol–water partition coefficient (Wildman–Crippen LogP) is 1.11. The molecule has 0 aliphatic carbocycles. The van der Waals surface area contributed by atoms with Gasteiger partial charge in [-0.3, -0.25) is 0 Å². The quantitative estimate of drug-likeness (QED) is 0.795. The Morgan fingerprint density at radius 3 is 2.47 bits per heavy atom. The Hall–Kier alpha value is -1.14. The lowest BCUT2D eigenvalue weighted by molar-refractivity contribution is 0.385. The summed E-state index contributed by atoms with van der Waals surface area (Å²) in [6.45, 7) is 0.342. The van der Waals surface area contributed by atoms with Crippen LogP contribution in [0.3, 0.4) is 0 Å². The normalized spacial score (nSPS) is 12.0. The van der Waals surface area contributed by atoms with Gasteiger partial charge >= 0.3 is 10.2 Å². The highest BCUT2D eigenvalue weighted by Crippen LogP contribution is 2.23. The molecule has 0 radical (unpaired) electrons. The molecule has 0 amide bonds. The van der Waals surface area contributed by atoms with Crippen LogP contribution in [0.4, 0.5) is 3.89 Å². The molecule has 0 aromatic heterocycles. The fraction of sp³-hybridized carbons (Fsp3) is 0.333. The highest BCUT2D eigenvalue weighted by Gasteiger charge is 2.14. The van der Waals surface area contributed by atoms with Crippen molar-refractivity contribution < 1.29 is 17.4 Å². The molecule has 0 aliphatic rings. The van der Waals surface area contributed by atoms with Crippen molar-refractivity contribution in [2.75, 3.05) is 14.1 Å². The summed E-state index contributed by atoms with van der Waals surface area (Å²) in [7, 11) is -1.19. The van der Waals surface area contributed by atoms with E-state index in [4.69, 9.17) is 0 Å². The SMILES string of the molecule is CN(C)Cc1cc(S(=O)(=O)F)ccc1O. The smallest absolute Gasteiger partial charge is 0.332 e. The second-order valence-corrected chi connectivity index (χ2v) is 4.81. The number of halogens is 1. The van der Waals surface area contributed by atoms with Gasteiger partial charge < -0.3 is 10.0 Å². The number of phenolic OH excluding ortho intramolecular Hbond substituents is 1. The van der Waals surface area contributed by atoms with Crippen LogP contribution in [0.15, 0.2) is 23.1 Å². The third-order valence-electron chi connectivity index (χ3n) is 1.82. The molecule has 6 heteroatoms.